The van der Waals surface area contributed by atoms with Crippen molar-refractivity contribution in [1.82, 2.24) is 15.2 Å². The van der Waals surface area contributed by atoms with Gasteiger partial charge in [-0.1, -0.05) is 12.1 Å². The van der Waals surface area contributed by atoms with E-state index in [1.165, 1.54) is 0 Å². The average Bonchev–Trinajstić information content (AvgIpc) is 3.05. The number of nitrogens with zero attached hydrogens (tertiary/aromatic N) is 2. The maximum atomic E-state index is 8.92. The number of hydrogen-bond acceptors (Lipinski definition) is 5. The summed E-state index contributed by atoms with van der Waals surface area (Å²) in [6.07, 6.45) is 0.655. The van der Waals surface area contributed by atoms with Crippen molar-refractivity contribution in [2.24, 2.45) is 0 Å². The molecule has 3 rings (SSSR count). The number of ether oxygens (including phenoxy) is 1. The van der Waals surface area contributed by atoms with Crippen LogP contribution in [-0.2, 0) is 6.42 Å². The van der Waals surface area contributed by atoms with Crippen LogP contribution in [0.3, 0.4) is 0 Å². The molecule has 0 aliphatic rings. The Morgan fingerprint density at radius 3 is 2.48 bits per heavy atom. The molecule has 6 nitrogen and oxygen atoms in total. The van der Waals surface area contributed by atoms with Gasteiger partial charge in [-0.3, -0.25) is 5.10 Å². The van der Waals surface area contributed by atoms with Gasteiger partial charge in [-0.05, 0) is 48.4 Å². The normalized spacial score (nSPS) is 10.5. The van der Waals surface area contributed by atoms with Crippen LogP contribution in [-0.4, -0.2) is 34.0 Å². The smallest absolute Gasteiger partial charge is 0.246 e. The number of H-pyrrole nitrogens is 1. The van der Waals surface area contributed by atoms with E-state index in [1.54, 1.807) is 7.11 Å². The predicted molar refractivity (Wildman–Crippen MR) is 88.9 cm³/mol. The van der Waals surface area contributed by atoms with E-state index in [9.17, 15) is 0 Å². The van der Waals surface area contributed by atoms with E-state index in [-0.39, 0.29) is 6.61 Å². The van der Waals surface area contributed by atoms with Crippen molar-refractivity contribution in [1.29, 1.82) is 0 Å². The molecule has 0 radical (unpaired) electrons. The highest BCUT2D eigenvalue weighted by atomic mass is 16.5. The molecule has 2 aromatic carbocycles. The molecular weight excluding hydrogens is 292 g/mol. The van der Waals surface area contributed by atoms with Gasteiger partial charge in [-0.2, -0.15) is 4.98 Å². The minimum Gasteiger partial charge on any atom is -0.497 e. The summed E-state index contributed by atoms with van der Waals surface area (Å²) in [5.41, 5.74) is 2.92. The summed E-state index contributed by atoms with van der Waals surface area (Å²) in [7, 11) is 1.64. The second kappa shape index (κ2) is 6.93. The largest absolute Gasteiger partial charge is 0.497 e. The zero-order chi connectivity index (χ0) is 16.1. The van der Waals surface area contributed by atoms with Gasteiger partial charge in [0.2, 0.25) is 5.95 Å². The molecule has 0 saturated carbocycles. The van der Waals surface area contributed by atoms with Gasteiger partial charge in [-0.25, -0.2) is 0 Å². The molecule has 6 heteroatoms. The van der Waals surface area contributed by atoms with Gasteiger partial charge in [0.05, 0.1) is 7.11 Å². The van der Waals surface area contributed by atoms with Crippen LogP contribution in [0.4, 0.5) is 11.6 Å². The van der Waals surface area contributed by atoms with E-state index in [0.717, 1.165) is 22.6 Å². The Morgan fingerprint density at radius 2 is 1.83 bits per heavy atom. The lowest BCUT2D eigenvalue weighted by Crippen LogP contribution is -1.94. The molecule has 0 fully saturated rings. The number of aliphatic hydroxyl groups excluding tert-OH is 1. The highest BCUT2D eigenvalue weighted by molar-refractivity contribution is 5.60. The molecule has 1 aromatic heterocycles. The van der Waals surface area contributed by atoms with Gasteiger partial charge in [0.15, 0.2) is 5.82 Å². The first-order chi connectivity index (χ1) is 11.3. The number of hydrogen-bond donors (Lipinski definition) is 3. The van der Waals surface area contributed by atoms with Crippen molar-refractivity contribution in [2.75, 3.05) is 19.0 Å². The minimum absolute atomic E-state index is 0.152. The van der Waals surface area contributed by atoms with Crippen LogP contribution in [0.15, 0.2) is 48.5 Å². The lowest BCUT2D eigenvalue weighted by molar-refractivity contribution is 0.299. The van der Waals surface area contributed by atoms with E-state index in [1.807, 2.05) is 48.5 Å². The first kappa shape index (κ1) is 15.1. The van der Waals surface area contributed by atoms with Crippen molar-refractivity contribution in [3.8, 4) is 17.1 Å². The number of aliphatic hydroxyl groups is 1. The molecule has 0 aliphatic carbocycles. The maximum absolute atomic E-state index is 8.92. The van der Waals surface area contributed by atoms with Gasteiger partial charge in [-0.15, -0.1) is 5.10 Å². The molecule has 3 N–H and O–H groups in total. The molecule has 0 bridgehead atoms. The van der Waals surface area contributed by atoms with Gasteiger partial charge in [0.25, 0.3) is 0 Å². The number of benzene rings is 2. The molecule has 118 valence electrons. The average molecular weight is 310 g/mol. The summed E-state index contributed by atoms with van der Waals surface area (Å²) in [6, 6.07) is 15.4. The van der Waals surface area contributed by atoms with Crippen LogP contribution in [0.1, 0.15) is 5.56 Å². The second-order valence-electron chi connectivity index (χ2n) is 5.03. The Kier molecular flexibility index (Phi) is 4.54. The minimum atomic E-state index is 0.152. The van der Waals surface area contributed by atoms with Crippen LogP contribution in [0.5, 0.6) is 5.75 Å². The molecule has 0 amide bonds. The van der Waals surface area contributed by atoms with Crippen molar-refractivity contribution >= 4 is 11.6 Å². The van der Waals surface area contributed by atoms with Crippen molar-refractivity contribution in [2.45, 2.75) is 6.42 Å². The Balaban J connectivity index is 1.71. The molecular formula is C17H18N4O2. The summed E-state index contributed by atoms with van der Waals surface area (Å²) < 4.78 is 5.14. The summed E-state index contributed by atoms with van der Waals surface area (Å²) in [5.74, 6) is 1.99. The molecule has 1 heterocycles. The van der Waals surface area contributed by atoms with Crippen LogP contribution in [0, 0.1) is 0 Å². The quantitative estimate of drug-likeness (QED) is 0.652. The topological polar surface area (TPSA) is 83.1 Å². The lowest BCUT2D eigenvalue weighted by Gasteiger charge is -2.03. The van der Waals surface area contributed by atoms with Crippen LogP contribution < -0.4 is 10.1 Å². The third-order valence-electron chi connectivity index (χ3n) is 3.46. The van der Waals surface area contributed by atoms with Gasteiger partial charge in [0.1, 0.15) is 5.75 Å². The third-order valence-corrected chi connectivity index (χ3v) is 3.46. The van der Waals surface area contributed by atoms with Gasteiger partial charge < -0.3 is 15.2 Å². The summed E-state index contributed by atoms with van der Waals surface area (Å²) >= 11 is 0. The number of methoxy groups -OCH3 is 1. The first-order valence-corrected chi connectivity index (χ1v) is 7.32. The third kappa shape index (κ3) is 3.67. The van der Waals surface area contributed by atoms with Crippen molar-refractivity contribution in [3.05, 3.63) is 54.1 Å². The highest BCUT2D eigenvalue weighted by Gasteiger charge is 2.06. The fraction of sp³-hybridized carbons (Fsp3) is 0.176. The number of anilines is 2. The Morgan fingerprint density at radius 1 is 1.09 bits per heavy atom. The van der Waals surface area contributed by atoms with Crippen molar-refractivity contribution < 1.29 is 9.84 Å². The van der Waals surface area contributed by atoms with Crippen LogP contribution in [0.2, 0.25) is 0 Å². The van der Waals surface area contributed by atoms with E-state index < -0.39 is 0 Å². The van der Waals surface area contributed by atoms with Crippen LogP contribution in [0.25, 0.3) is 11.4 Å². The number of aromatic nitrogens is 3. The van der Waals surface area contributed by atoms with Crippen molar-refractivity contribution in [3.63, 3.8) is 0 Å². The Labute approximate surface area is 134 Å². The van der Waals surface area contributed by atoms with Gasteiger partial charge in [0, 0.05) is 17.9 Å². The molecule has 3 aromatic rings. The number of aromatic amines is 1. The Hall–Kier alpha value is -2.86. The fourth-order valence-corrected chi connectivity index (χ4v) is 2.21. The summed E-state index contributed by atoms with van der Waals surface area (Å²) in [5, 5.41) is 19.2. The molecule has 0 aliphatic heterocycles. The fourth-order valence-electron chi connectivity index (χ4n) is 2.21. The van der Waals surface area contributed by atoms with Crippen LogP contribution >= 0.6 is 0 Å². The summed E-state index contributed by atoms with van der Waals surface area (Å²) in [6.45, 7) is 0.152. The summed E-state index contributed by atoms with van der Waals surface area (Å²) in [4.78, 5) is 4.43. The molecule has 23 heavy (non-hydrogen) atoms. The second-order valence-corrected chi connectivity index (χ2v) is 5.03. The van der Waals surface area contributed by atoms with E-state index >= 15 is 0 Å². The lowest BCUT2D eigenvalue weighted by atomic mass is 10.1. The van der Waals surface area contributed by atoms with E-state index in [2.05, 4.69) is 20.5 Å². The maximum Gasteiger partial charge on any atom is 0.246 e. The SMILES string of the molecule is COc1ccc(-c2nc(Nc3ccc(CCO)cc3)n[nH]2)cc1. The molecule has 0 spiro atoms. The molecule has 0 atom stereocenters. The first-order valence-electron chi connectivity index (χ1n) is 7.32. The molecule has 0 unspecified atom stereocenters. The number of rotatable bonds is 6. The standard InChI is InChI=1S/C17H18N4O2/c1-23-15-8-4-13(5-9-15)16-19-17(21-20-16)18-14-6-2-12(3-7-14)10-11-22/h2-9,22H,10-11H2,1H3,(H2,18,19,20,21). The monoisotopic (exact) mass is 310 g/mol. The van der Waals surface area contributed by atoms with Gasteiger partial charge >= 0.3 is 0 Å². The van der Waals surface area contributed by atoms with E-state index in [0.29, 0.717) is 18.2 Å². The highest BCUT2D eigenvalue weighted by Crippen LogP contribution is 2.21. The number of nitrogens with one attached hydrogen (secondary N) is 2. The van der Waals surface area contributed by atoms with E-state index in [4.69, 9.17) is 9.84 Å². The predicted octanol–water partition coefficient (Wildman–Crippen LogP) is 2.76. The zero-order valence-electron chi connectivity index (χ0n) is 12.8. The molecule has 0 saturated heterocycles. The Bertz CT molecular complexity index is 751. The zero-order valence-corrected chi connectivity index (χ0v) is 12.8.